The van der Waals surface area contributed by atoms with E-state index >= 15 is 0 Å². The number of hydrogen-bond donors (Lipinski definition) is 0. The van der Waals surface area contributed by atoms with Crippen molar-refractivity contribution >= 4 is 21.7 Å². The highest BCUT2D eigenvalue weighted by Crippen LogP contribution is 2.17. The predicted molar refractivity (Wildman–Crippen MR) is 90.4 cm³/mol. The highest BCUT2D eigenvalue weighted by molar-refractivity contribution is 9.10. The topological polar surface area (TPSA) is 44.1 Å². The number of nitriles is 1. The summed E-state index contributed by atoms with van der Waals surface area (Å²) in [4.78, 5) is 14.5. The number of hydrogen-bond acceptors (Lipinski definition) is 3. The van der Waals surface area contributed by atoms with E-state index in [1.807, 2.05) is 59.5 Å². The molecular formula is C18H17BrN2O. The van der Waals surface area contributed by atoms with Gasteiger partial charge in [0.15, 0.2) is 5.78 Å². The molecule has 3 nitrogen and oxygen atoms in total. The Labute approximate surface area is 139 Å². The minimum atomic E-state index is 0.0568. The van der Waals surface area contributed by atoms with Crippen molar-refractivity contribution in [2.75, 3.05) is 13.1 Å². The Morgan fingerprint density at radius 3 is 2.45 bits per heavy atom. The molecule has 0 amide bonds. The second-order valence-corrected chi connectivity index (χ2v) is 5.86. The lowest BCUT2D eigenvalue weighted by Crippen LogP contribution is -2.30. The Balaban J connectivity index is 2.08. The van der Waals surface area contributed by atoms with Gasteiger partial charge in [0.25, 0.3) is 0 Å². The molecule has 22 heavy (non-hydrogen) atoms. The zero-order chi connectivity index (χ0) is 15.8. The first-order valence-corrected chi connectivity index (χ1v) is 7.91. The third-order valence-corrected chi connectivity index (χ3v) is 4.02. The van der Waals surface area contributed by atoms with E-state index in [1.54, 1.807) is 0 Å². The molecule has 2 aromatic carbocycles. The van der Waals surface area contributed by atoms with Crippen LogP contribution in [0, 0.1) is 11.3 Å². The van der Waals surface area contributed by atoms with Crippen LogP contribution in [0.1, 0.15) is 22.3 Å². The summed E-state index contributed by atoms with van der Waals surface area (Å²) in [6, 6.07) is 19.6. The molecule has 0 heterocycles. The molecule has 0 atom stereocenters. The molecule has 0 saturated carbocycles. The highest BCUT2D eigenvalue weighted by Gasteiger charge is 2.15. The number of carbonyl (C=O) groups is 1. The normalized spacial score (nSPS) is 10.4. The molecule has 0 saturated heterocycles. The summed E-state index contributed by atoms with van der Waals surface area (Å²) in [5.74, 6) is 0.0568. The predicted octanol–water partition coefficient (Wildman–Crippen LogP) is 4.05. The Hall–Kier alpha value is -1.96. The van der Waals surface area contributed by atoms with Gasteiger partial charge < -0.3 is 0 Å². The summed E-state index contributed by atoms with van der Waals surface area (Å²) in [6.45, 7) is 1.56. The summed E-state index contributed by atoms with van der Waals surface area (Å²) in [6.07, 6.45) is 0.413. The average molecular weight is 357 g/mol. The number of nitrogens with zero attached hydrogens (tertiary/aromatic N) is 2. The van der Waals surface area contributed by atoms with E-state index in [0.29, 0.717) is 31.6 Å². The summed E-state index contributed by atoms with van der Waals surface area (Å²) < 4.78 is 0.806. The largest absolute Gasteiger partial charge is 0.293 e. The van der Waals surface area contributed by atoms with Crippen molar-refractivity contribution in [2.24, 2.45) is 0 Å². The van der Waals surface area contributed by atoms with E-state index < -0.39 is 0 Å². The highest BCUT2D eigenvalue weighted by atomic mass is 79.9. The first-order valence-electron chi connectivity index (χ1n) is 7.11. The maximum Gasteiger partial charge on any atom is 0.177 e. The van der Waals surface area contributed by atoms with Gasteiger partial charge in [-0.05, 0) is 11.6 Å². The summed E-state index contributed by atoms with van der Waals surface area (Å²) in [5.41, 5.74) is 1.82. The van der Waals surface area contributed by atoms with E-state index in [9.17, 15) is 4.79 Å². The van der Waals surface area contributed by atoms with Gasteiger partial charge in [-0.2, -0.15) is 5.26 Å². The molecule has 112 valence electrons. The van der Waals surface area contributed by atoms with E-state index in [4.69, 9.17) is 5.26 Å². The third-order valence-electron chi connectivity index (χ3n) is 3.33. The molecule has 0 aliphatic rings. The fraction of sp³-hybridized carbons (Fsp3) is 0.222. The van der Waals surface area contributed by atoms with Crippen molar-refractivity contribution in [1.29, 1.82) is 5.26 Å². The minimum absolute atomic E-state index is 0.0568. The van der Waals surface area contributed by atoms with Crippen LogP contribution in [-0.4, -0.2) is 23.8 Å². The zero-order valence-corrected chi connectivity index (χ0v) is 13.8. The third kappa shape index (κ3) is 4.80. The first-order chi connectivity index (χ1) is 10.7. The Morgan fingerprint density at radius 1 is 1.09 bits per heavy atom. The summed E-state index contributed by atoms with van der Waals surface area (Å²) >= 11 is 3.41. The van der Waals surface area contributed by atoms with Gasteiger partial charge in [-0.15, -0.1) is 0 Å². The van der Waals surface area contributed by atoms with Crippen LogP contribution in [0.4, 0.5) is 0 Å². The number of ketones is 1. The number of carbonyl (C=O) groups excluding carboxylic acids is 1. The van der Waals surface area contributed by atoms with Gasteiger partial charge in [-0.1, -0.05) is 64.5 Å². The van der Waals surface area contributed by atoms with E-state index in [1.165, 1.54) is 0 Å². The standard InChI is InChI=1S/C18H17BrN2O/c19-17-10-5-4-9-16(17)18(22)14-21(12-6-11-20)13-15-7-2-1-3-8-15/h1-5,7-10H,6,12-14H2. The van der Waals surface area contributed by atoms with Crippen molar-refractivity contribution in [2.45, 2.75) is 13.0 Å². The van der Waals surface area contributed by atoms with Crippen molar-refractivity contribution in [1.82, 2.24) is 4.90 Å². The van der Waals surface area contributed by atoms with Gasteiger partial charge in [-0.3, -0.25) is 9.69 Å². The fourth-order valence-electron chi connectivity index (χ4n) is 2.24. The zero-order valence-electron chi connectivity index (χ0n) is 12.2. The van der Waals surface area contributed by atoms with Gasteiger partial charge in [0.2, 0.25) is 0 Å². The number of halogens is 1. The first kappa shape index (κ1) is 16.4. The number of rotatable bonds is 7. The summed E-state index contributed by atoms with van der Waals surface area (Å²) in [5, 5.41) is 8.81. The molecule has 0 aliphatic carbocycles. The molecule has 0 radical (unpaired) electrons. The Bertz CT molecular complexity index is 664. The minimum Gasteiger partial charge on any atom is -0.293 e. The van der Waals surface area contributed by atoms with Crippen LogP contribution in [-0.2, 0) is 6.54 Å². The molecule has 0 spiro atoms. The van der Waals surface area contributed by atoms with Crippen LogP contribution in [0.3, 0.4) is 0 Å². The molecule has 4 heteroatoms. The molecule has 0 N–H and O–H groups in total. The number of Topliss-reactive ketones (excluding diaryl/α,β-unsaturated/α-hetero) is 1. The smallest absolute Gasteiger partial charge is 0.177 e. The van der Waals surface area contributed by atoms with Crippen molar-refractivity contribution in [3.63, 3.8) is 0 Å². The van der Waals surface area contributed by atoms with Crippen LogP contribution in [0.5, 0.6) is 0 Å². The monoisotopic (exact) mass is 356 g/mol. The second kappa shape index (κ2) is 8.47. The van der Waals surface area contributed by atoms with Crippen LogP contribution >= 0.6 is 15.9 Å². The quantitative estimate of drug-likeness (QED) is 0.703. The van der Waals surface area contributed by atoms with Gasteiger partial charge >= 0.3 is 0 Å². The van der Waals surface area contributed by atoms with E-state index in [2.05, 4.69) is 22.0 Å². The molecule has 0 aliphatic heterocycles. The lowest BCUT2D eigenvalue weighted by atomic mass is 10.1. The molecule has 0 aromatic heterocycles. The van der Waals surface area contributed by atoms with Gasteiger partial charge in [0.1, 0.15) is 0 Å². The van der Waals surface area contributed by atoms with Crippen LogP contribution in [0.25, 0.3) is 0 Å². The van der Waals surface area contributed by atoms with Gasteiger partial charge in [0, 0.05) is 29.5 Å². The molecule has 2 rings (SSSR count). The van der Waals surface area contributed by atoms with Gasteiger partial charge in [0.05, 0.1) is 12.6 Å². The average Bonchev–Trinajstić information content (AvgIpc) is 2.54. The van der Waals surface area contributed by atoms with Crippen molar-refractivity contribution in [3.8, 4) is 6.07 Å². The van der Waals surface area contributed by atoms with E-state index in [0.717, 1.165) is 10.0 Å². The molecule has 0 unspecified atom stereocenters. The second-order valence-electron chi connectivity index (χ2n) is 5.01. The maximum atomic E-state index is 12.5. The lowest BCUT2D eigenvalue weighted by molar-refractivity contribution is 0.0926. The molecular weight excluding hydrogens is 340 g/mol. The summed E-state index contributed by atoms with van der Waals surface area (Å²) in [7, 11) is 0. The maximum absolute atomic E-state index is 12.5. The van der Waals surface area contributed by atoms with Crippen molar-refractivity contribution in [3.05, 3.63) is 70.2 Å². The number of benzene rings is 2. The fourth-order valence-corrected chi connectivity index (χ4v) is 2.75. The van der Waals surface area contributed by atoms with Crippen LogP contribution < -0.4 is 0 Å². The Kier molecular flexibility index (Phi) is 6.32. The Morgan fingerprint density at radius 2 is 1.77 bits per heavy atom. The molecule has 0 fully saturated rings. The lowest BCUT2D eigenvalue weighted by Gasteiger charge is -2.20. The molecule has 0 bridgehead atoms. The SMILES string of the molecule is N#CCCN(CC(=O)c1ccccc1Br)Cc1ccccc1. The van der Waals surface area contributed by atoms with Crippen LogP contribution in [0.2, 0.25) is 0 Å². The molecule has 2 aromatic rings. The van der Waals surface area contributed by atoms with E-state index in [-0.39, 0.29) is 5.78 Å². The van der Waals surface area contributed by atoms with Gasteiger partial charge in [-0.25, -0.2) is 0 Å². The van der Waals surface area contributed by atoms with Crippen LogP contribution in [0.15, 0.2) is 59.1 Å². The van der Waals surface area contributed by atoms with Crippen molar-refractivity contribution < 1.29 is 4.79 Å².